The summed E-state index contributed by atoms with van der Waals surface area (Å²) < 4.78 is 0.677. The maximum atomic E-state index is 12.5. The Morgan fingerprint density at radius 1 is 1.33 bits per heavy atom. The molecule has 2 rings (SSSR count). The predicted octanol–water partition coefficient (Wildman–Crippen LogP) is 4.30. The van der Waals surface area contributed by atoms with Crippen molar-refractivity contribution in [1.29, 1.82) is 0 Å². The summed E-state index contributed by atoms with van der Waals surface area (Å²) in [4.78, 5) is 23.8. The van der Waals surface area contributed by atoms with Crippen molar-refractivity contribution in [2.24, 2.45) is 11.3 Å². The normalized spacial score (nSPS) is 20.8. The minimum absolute atomic E-state index is 0.0406. The first-order valence-electron chi connectivity index (χ1n) is 7.15. The molecule has 0 aliphatic heterocycles. The zero-order chi connectivity index (χ0) is 15.6. The van der Waals surface area contributed by atoms with Crippen molar-refractivity contribution in [3.63, 3.8) is 0 Å². The van der Waals surface area contributed by atoms with Crippen LogP contribution in [-0.4, -0.2) is 17.0 Å². The number of hydrogen-bond acceptors (Lipinski definition) is 2. The molecule has 4 nitrogen and oxygen atoms in total. The number of halogens is 1. The lowest BCUT2D eigenvalue weighted by Gasteiger charge is -2.37. The fraction of sp³-hybridized carbons (Fsp3) is 0.500. The molecule has 0 spiro atoms. The van der Waals surface area contributed by atoms with Gasteiger partial charge in [-0.1, -0.05) is 42.6 Å². The van der Waals surface area contributed by atoms with E-state index in [4.69, 9.17) is 0 Å². The second kappa shape index (κ2) is 6.18. The summed E-state index contributed by atoms with van der Waals surface area (Å²) in [5.74, 6) is -1.20. The van der Waals surface area contributed by atoms with E-state index in [0.29, 0.717) is 10.2 Å². The Morgan fingerprint density at radius 2 is 2.05 bits per heavy atom. The van der Waals surface area contributed by atoms with Crippen LogP contribution in [0.3, 0.4) is 0 Å². The smallest absolute Gasteiger partial charge is 0.337 e. The fourth-order valence-corrected chi connectivity index (χ4v) is 3.36. The van der Waals surface area contributed by atoms with Crippen molar-refractivity contribution in [2.75, 3.05) is 5.32 Å². The van der Waals surface area contributed by atoms with Gasteiger partial charge < -0.3 is 10.4 Å². The van der Waals surface area contributed by atoms with Gasteiger partial charge in [0.25, 0.3) is 0 Å². The summed E-state index contributed by atoms with van der Waals surface area (Å²) >= 11 is 3.25. The van der Waals surface area contributed by atoms with Gasteiger partial charge >= 0.3 is 5.97 Å². The third-order valence-electron chi connectivity index (χ3n) is 4.29. The Balaban J connectivity index is 2.22. The Hall–Kier alpha value is -1.36. The average molecular weight is 354 g/mol. The first-order valence-corrected chi connectivity index (χ1v) is 7.94. The van der Waals surface area contributed by atoms with E-state index in [0.717, 1.165) is 25.7 Å². The van der Waals surface area contributed by atoms with Crippen LogP contribution in [0.5, 0.6) is 0 Å². The predicted molar refractivity (Wildman–Crippen MR) is 85.5 cm³/mol. The number of carbonyl (C=O) groups excluding carboxylic acids is 1. The Morgan fingerprint density at radius 3 is 2.67 bits per heavy atom. The highest BCUT2D eigenvalue weighted by molar-refractivity contribution is 9.10. The van der Waals surface area contributed by atoms with Crippen LogP contribution in [0.25, 0.3) is 0 Å². The van der Waals surface area contributed by atoms with Gasteiger partial charge in [-0.2, -0.15) is 0 Å². The summed E-state index contributed by atoms with van der Waals surface area (Å²) in [5, 5.41) is 12.0. The lowest BCUT2D eigenvalue weighted by molar-refractivity contribution is -0.124. The molecule has 0 radical (unpaired) electrons. The molecule has 1 fully saturated rings. The first-order chi connectivity index (χ1) is 9.81. The third-order valence-corrected chi connectivity index (χ3v) is 4.79. The van der Waals surface area contributed by atoms with Crippen molar-refractivity contribution in [2.45, 2.75) is 39.5 Å². The van der Waals surface area contributed by atoms with Gasteiger partial charge in [-0.3, -0.25) is 4.79 Å². The Kier molecular flexibility index (Phi) is 4.71. The molecule has 1 aromatic rings. The van der Waals surface area contributed by atoms with E-state index in [2.05, 4.69) is 35.1 Å². The second-order valence-corrected chi connectivity index (χ2v) is 7.19. The molecule has 0 heterocycles. The van der Waals surface area contributed by atoms with E-state index >= 15 is 0 Å². The lowest BCUT2D eigenvalue weighted by Crippen LogP contribution is -2.37. The molecule has 1 atom stereocenters. The molecule has 0 bridgehead atoms. The number of amides is 1. The first kappa shape index (κ1) is 16.0. The summed E-state index contributed by atoms with van der Waals surface area (Å²) in [5.41, 5.74) is 0.421. The van der Waals surface area contributed by atoms with Crippen molar-refractivity contribution in [3.05, 3.63) is 28.2 Å². The summed E-state index contributed by atoms with van der Waals surface area (Å²) in [7, 11) is 0. The van der Waals surface area contributed by atoms with Crippen molar-refractivity contribution < 1.29 is 14.7 Å². The van der Waals surface area contributed by atoms with Gasteiger partial charge in [0.2, 0.25) is 5.91 Å². The molecule has 114 valence electrons. The zero-order valence-electron chi connectivity index (χ0n) is 12.3. The van der Waals surface area contributed by atoms with Crippen LogP contribution < -0.4 is 5.32 Å². The maximum Gasteiger partial charge on any atom is 0.337 e. The van der Waals surface area contributed by atoms with Gasteiger partial charge in [-0.15, -0.1) is 0 Å². The molecule has 1 saturated carbocycles. The average Bonchev–Trinajstić information content (AvgIpc) is 2.39. The number of nitrogens with one attached hydrogen (secondary N) is 1. The highest BCUT2D eigenvalue weighted by atomic mass is 79.9. The van der Waals surface area contributed by atoms with Gasteiger partial charge in [0.05, 0.1) is 11.3 Å². The molecule has 0 saturated heterocycles. The summed E-state index contributed by atoms with van der Waals surface area (Å²) in [6.45, 7) is 4.21. The number of carbonyl (C=O) groups is 2. The number of carboxylic acids is 1. The Bertz CT molecular complexity index is 569. The van der Waals surface area contributed by atoms with Crippen LogP contribution in [0.4, 0.5) is 5.69 Å². The molecular formula is C16H20BrNO3. The van der Waals surface area contributed by atoms with E-state index in [1.54, 1.807) is 12.1 Å². The third kappa shape index (κ3) is 3.64. The largest absolute Gasteiger partial charge is 0.478 e. The quantitative estimate of drug-likeness (QED) is 0.850. The van der Waals surface area contributed by atoms with Crippen molar-refractivity contribution in [3.8, 4) is 0 Å². The monoisotopic (exact) mass is 353 g/mol. The van der Waals surface area contributed by atoms with Crippen LogP contribution in [0.15, 0.2) is 22.7 Å². The van der Waals surface area contributed by atoms with Crippen LogP contribution in [0, 0.1) is 11.3 Å². The van der Waals surface area contributed by atoms with Crippen molar-refractivity contribution >= 4 is 33.5 Å². The van der Waals surface area contributed by atoms with Crippen molar-refractivity contribution in [1.82, 2.24) is 0 Å². The molecule has 5 heteroatoms. The molecule has 1 amide bonds. The molecule has 0 aromatic heterocycles. The summed E-state index contributed by atoms with van der Waals surface area (Å²) in [6.07, 6.45) is 4.08. The minimum atomic E-state index is -1.05. The highest BCUT2D eigenvalue weighted by Crippen LogP contribution is 2.41. The number of rotatable bonds is 3. The molecule has 1 unspecified atom stereocenters. The van der Waals surface area contributed by atoms with E-state index in [1.807, 2.05) is 0 Å². The number of aromatic carboxylic acids is 1. The van der Waals surface area contributed by atoms with Crippen LogP contribution >= 0.6 is 15.9 Å². The van der Waals surface area contributed by atoms with Gasteiger partial charge in [0.1, 0.15) is 0 Å². The molecule has 1 aliphatic carbocycles. The summed E-state index contributed by atoms with van der Waals surface area (Å²) in [6, 6.07) is 4.86. The van der Waals surface area contributed by atoms with Crippen LogP contribution in [-0.2, 0) is 4.79 Å². The second-order valence-electron chi connectivity index (χ2n) is 6.27. The Labute approximate surface area is 133 Å². The van der Waals surface area contributed by atoms with E-state index < -0.39 is 5.97 Å². The van der Waals surface area contributed by atoms with Gasteiger partial charge in [-0.25, -0.2) is 4.79 Å². The van der Waals surface area contributed by atoms with Gasteiger partial charge in [-0.05, 0) is 36.5 Å². The lowest BCUT2D eigenvalue weighted by atomic mass is 9.68. The standard InChI is InChI=1S/C16H20BrNO3/c1-16(2)8-4-3-5-12(16)14(19)18-13-7-6-10(17)9-11(13)15(20)21/h6-7,9,12H,3-5,8H2,1-2H3,(H,18,19)(H,20,21). The van der Waals surface area contributed by atoms with E-state index in [-0.39, 0.29) is 22.8 Å². The molecule has 1 aromatic carbocycles. The number of anilines is 1. The molecule has 21 heavy (non-hydrogen) atoms. The molecule has 1 aliphatic rings. The highest BCUT2D eigenvalue weighted by Gasteiger charge is 2.37. The molecule has 2 N–H and O–H groups in total. The minimum Gasteiger partial charge on any atom is -0.478 e. The van der Waals surface area contributed by atoms with Crippen LogP contribution in [0.1, 0.15) is 49.9 Å². The van der Waals surface area contributed by atoms with Crippen LogP contribution in [0.2, 0.25) is 0 Å². The zero-order valence-corrected chi connectivity index (χ0v) is 13.9. The van der Waals surface area contributed by atoms with E-state index in [1.165, 1.54) is 6.07 Å². The number of benzene rings is 1. The maximum absolute atomic E-state index is 12.5. The number of carboxylic acid groups (broad SMARTS) is 1. The SMILES string of the molecule is CC1(C)CCCCC1C(=O)Nc1ccc(Br)cc1C(=O)O. The van der Waals surface area contributed by atoms with Gasteiger partial charge in [0.15, 0.2) is 0 Å². The topological polar surface area (TPSA) is 66.4 Å². The van der Waals surface area contributed by atoms with E-state index in [9.17, 15) is 14.7 Å². The molecular weight excluding hydrogens is 334 g/mol. The van der Waals surface area contributed by atoms with Gasteiger partial charge in [0, 0.05) is 10.4 Å². The fourth-order valence-electron chi connectivity index (χ4n) is 3.00. The number of hydrogen-bond donors (Lipinski definition) is 2.